The number of carbonyl (C=O) groups is 1. The second-order valence-electron chi connectivity index (χ2n) is 9.80. The summed E-state index contributed by atoms with van der Waals surface area (Å²) in [4.78, 5) is 14.7. The van der Waals surface area contributed by atoms with Crippen molar-refractivity contribution >= 4 is 15.9 Å². The molecule has 35 heavy (non-hydrogen) atoms. The van der Waals surface area contributed by atoms with Crippen LogP contribution in [0.3, 0.4) is 0 Å². The van der Waals surface area contributed by atoms with Gasteiger partial charge in [-0.3, -0.25) is 4.79 Å². The Hall–Kier alpha value is -2.43. The van der Waals surface area contributed by atoms with Gasteiger partial charge in [0.15, 0.2) is 0 Å². The van der Waals surface area contributed by atoms with E-state index < -0.39 is 56.7 Å². The molecule has 2 N–H and O–H groups in total. The van der Waals surface area contributed by atoms with E-state index in [1.54, 1.807) is 19.1 Å². The monoisotopic (exact) mass is 510 g/mol. The normalized spacial score (nSPS) is 22.9. The van der Waals surface area contributed by atoms with Crippen molar-refractivity contribution in [3.8, 4) is 11.1 Å². The summed E-state index contributed by atoms with van der Waals surface area (Å²) in [5.41, 5.74) is -1.58. The molecule has 1 aliphatic heterocycles. The standard InChI is InChI=1S/C25H29F3N2O4S/c1-3-24(2,32)23(31)30-14-25(10-11-25)22(29-35(33,34)15-26)20(30)13-17-7-5-9-19(21(17)28)16-6-4-8-18(27)12-16/h4-9,12,20,22,29,32H,3,10-11,13-15H2,1-2H3/t20-,22+,24+/m0/s1. The van der Waals surface area contributed by atoms with Crippen molar-refractivity contribution in [1.82, 2.24) is 9.62 Å². The topological polar surface area (TPSA) is 86.7 Å². The molecule has 4 rings (SSSR count). The van der Waals surface area contributed by atoms with Crippen LogP contribution in [0.2, 0.25) is 0 Å². The Labute approximate surface area is 203 Å². The van der Waals surface area contributed by atoms with Crippen LogP contribution in [0.5, 0.6) is 0 Å². The first-order chi connectivity index (χ1) is 16.4. The zero-order chi connectivity index (χ0) is 25.6. The molecule has 190 valence electrons. The van der Waals surface area contributed by atoms with Crippen LogP contribution in [0.4, 0.5) is 13.2 Å². The number of aliphatic hydroxyl groups is 1. The summed E-state index contributed by atoms with van der Waals surface area (Å²) >= 11 is 0. The van der Waals surface area contributed by atoms with Crippen LogP contribution >= 0.6 is 0 Å². The predicted octanol–water partition coefficient (Wildman–Crippen LogP) is 3.54. The average Bonchev–Trinajstić information content (AvgIpc) is 3.55. The number of alkyl halides is 1. The number of rotatable bonds is 8. The molecule has 10 heteroatoms. The van der Waals surface area contributed by atoms with E-state index in [0.29, 0.717) is 18.4 Å². The van der Waals surface area contributed by atoms with E-state index in [2.05, 4.69) is 4.72 Å². The average molecular weight is 511 g/mol. The highest BCUT2D eigenvalue weighted by molar-refractivity contribution is 7.89. The lowest BCUT2D eigenvalue weighted by Crippen LogP contribution is -2.54. The Morgan fingerprint density at radius 2 is 1.91 bits per heavy atom. The summed E-state index contributed by atoms with van der Waals surface area (Å²) in [5, 5.41) is 10.7. The van der Waals surface area contributed by atoms with Gasteiger partial charge in [-0.1, -0.05) is 37.3 Å². The molecule has 0 bridgehead atoms. The SMILES string of the molecule is CC[C@@](C)(O)C(=O)N1CC2(CC2)[C@H](NS(=O)(=O)CF)[C@@H]1Cc1cccc(-c2cccc(F)c2)c1F. The number of benzene rings is 2. The third kappa shape index (κ3) is 4.96. The minimum absolute atomic E-state index is 0.0677. The van der Waals surface area contributed by atoms with Crippen LogP contribution in [0.1, 0.15) is 38.7 Å². The fourth-order valence-corrected chi connectivity index (χ4v) is 5.81. The fraction of sp³-hybridized carbons (Fsp3) is 0.480. The Bertz CT molecular complexity index is 1230. The van der Waals surface area contributed by atoms with Crippen molar-refractivity contribution in [3.05, 3.63) is 59.7 Å². The second-order valence-corrected chi connectivity index (χ2v) is 11.5. The highest BCUT2D eigenvalue weighted by Crippen LogP contribution is 2.56. The van der Waals surface area contributed by atoms with E-state index in [4.69, 9.17) is 0 Å². The van der Waals surface area contributed by atoms with Crippen molar-refractivity contribution in [2.24, 2.45) is 5.41 Å². The minimum Gasteiger partial charge on any atom is -0.380 e. The fourth-order valence-electron chi connectivity index (χ4n) is 4.95. The number of hydrogen-bond donors (Lipinski definition) is 2. The zero-order valence-electron chi connectivity index (χ0n) is 19.6. The van der Waals surface area contributed by atoms with E-state index in [9.17, 15) is 27.1 Å². The number of hydrogen-bond acceptors (Lipinski definition) is 4. The molecule has 2 aromatic carbocycles. The molecule has 0 radical (unpaired) electrons. The molecule has 2 aliphatic rings. The van der Waals surface area contributed by atoms with Crippen molar-refractivity contribution in [1.29, 1.82) is 0 Å². The van der Waals surface area contributed by atoms with Gasteiger partial charge in [0.2, 0.25) is 16.0 Å². The van der Waals surface area contributed by atoms with E-state index in [-0.39, 0.29) is 30.5 Å². The molecular formula is C25H29F3N2O4S. The quantitative estimate of drug-likeness (QED) is 0.569. The number of halogens is 3. The van der Waals surface area contributed by atoms with Crippen molar-refractivity contribution in [3.63, 3.8) is 0 Å². The summed E-state index contributed by atoms with van der Waals surface area (Å²) in [7, 11) is -4.27. The highest BCUT2D eigenvalue weighted by atomic mass is 32.2. The van der Waals surface area contributed by atoms with Gasteiger partial charge >= 0.3 is 0 Å². The first-order valence-electron chi connectivity index (χ1n) is 11.6. The lowest BCUT2D eigenvalue weighted by Gasteiger charge is -2.33. The summed E-state index contributed by atoms with van der Waals surface area (Å²) in [6.07, 6.45) is 1.30. The van der Waals surface area contributed by atoms with Gasteiger partial charge in [-0.25, -0.2) is 26.3 Å². The predicted molar refractivity (Wildman–Crippen MR) is 125 cm³/mol. The molecule has 2 fully saturated rings. The van der Waals surface area contributed by atoms with E-state index in [1.165, 1.54) is 42.2 Å². The zero-order valence-corrected chi connectivity index (χ0v) is 20.4. The molecule has 1 aliphatic carbocycles. The smallest absolute Gasteiger partial charge is 0.254 e. The van der Waals surface area contributed by atoms with Gasteiger partial charge in [-0.05, 0) is 55.9 Å². The molecule has 1 saturated heterocycles. The van der Waals surface area contributed by atoms with Gasteiger partial charge < -0.3 is 10.0 Å². The van der Waals surface area contributed by atoms with Gasteiger partial charge in [-0.2, -0.15) is 0 Å². The van der Waals surface area contributed by atoms with Crippen LogP contribution in [0.15, 0.2) is 42.5 Å². The summed E-state index contributed by atoms with van der Waals surface area (Å²) < 4.78 is 69.4. The minimum atomic E-state index is -4.27. The molecule has 1 amide bonds. The summed E-state index contributed by atoms with van der Waals surface area (Å²) in [5.74, 6) is -1.71. The number of amides is 1. The largest absolute Gasteiger partial charge is 0.380 e. The third-order valence-corrected chi connectivity index (χ3v) is 8.23. The maximum absolute atomic E-state index is 15.6. The molecule has 2 aromatic rings. The maximum Gasteiger partial charge on any atom is 0.254 e. The molecule has 1 saturated carbocycles. The van der Waals surface area contributed by atoms with Gasteiger partial charge in [0.25, 0.3) is 5.91 Å². The Balaban J connectivity index is 1.75. The van der Waals surface area contributed by atoms with Crippen LogP contribution in [0.25, 0.3) is 11.1 Å². The van der Waals surface area contributed by atoms with E-state index in [0.717, 1.165) is 0 Å². The van der Waals surface area contributed by atoms with Gasteiger partial charge in [0, 0.05) is 23.6 Å². The van der Waals surface area contributed by atoms with Crippen LogP contribution in [-0.4, -0.2) is 54.6 Å². The first-order valence-corrected chi connectivity index (χ1v) is 13.2. The number of sulfonamides is 1. The number of likely N-dealkylation sites (tertiary alicyclic amines) is 1. The highest BCUT2D eigenvalue weighted by Gasteiger charge is 2.62. The van der Waals surface area contributed by atoms with Gasteiger partial charge in [-0.15, -0.1) is 0 Å². The molecule has 0 aromatic heterocycles. The van der Waals surface area contributed by atoms with Crippen molar-refractivity contribution in [2.75, 3.05) is 12.6 Å². The lowest BCUT2D eigenvalue weighted by atomic mass is 9.91. The number of nitrogens with zero attached hydrogens (tertiary/aromatic N) is 1. The lowest BCUT2D eigenvalue weighted by molar-refractivity contribution is -0.151. The van der Waals surface area contributed by atoms with Gasteiger partial charge in [0.05, 0.1) is 6.04 Å². The van der Waals surface area contributed by atoms with Crippen LogP contribution in [-0.2, 0) is 21.2 Å². The van der Waals surface area contributed by atoms with Crippen molar-refractivity contribution < 1.29 is 31.5 Å². The Morgan fingerprint density at radius 3 is 2.51 bits per heavy atom. The Kier molecular flexibility index (Phi) is 6.76. The number of carbonyl (C=O) groups excluding carboxylic acids is 1. The molecule has 6 nitrogen and oxygen atoms in total. The summed E-state index contributed by atoms with van der Waals surface area (Å²) in [6, 6.07) is 6.86. The van der Waals surface area contributed by atoms with E-state index >= 15 is 4.39 Å². The molecule has 1 spiro atoms. The molecular weight excluding hydrogens is 481 g/mol. The summed E-state index contributed by atoms with van der Waals surface area (Å²) in [6.45, 7) is 3.22. The molecule has 0 unspecified atom stereocenters. The third-order valence-electron chi connectivity index (χ3n) is 7.33. The van der Waals surface area contributed by atoms with E-state index in [1.807, 2.05) is 0 Å². The van der Waals surface area contributed by atoms with Crippen LogP contribution in [0, 0.1) is 17.0 Å². The van der Waals surface area contributed by atoms with Gasteiger partial charge in [0.1, 0.15) is 17.2 Å². The first kappa shape index (κ1) is 25.7. The number of nitrogens with one attached hydrogen (secondary N) is 1. The van der Waals surface area contributed by atoms with Crippen LogP contribution < -0.4 is 4.72 Å². The maximum atomic E-state index is 15.6. The Morgan fingerprint density at radius 1 is 1.23 bits per heavy atom. The molecule has 1 heterocycles. The molecule has 3 atom stereocenters. The van der Waals surface area contributed by atoms with Crippen molar-refractivity contribution in [2.45, 2.75) is 57.2 Å². The second kappa shape index (κ2) is 9.22.